The zero-order valence-corrected chi connectivity index (χ0v) is 19.0. The maximum Gasteiger partial charge on any atom is 0.131 e. The molecule has 0 N–H and O–H groups in total. The van der Waals surface area contributed by atoms with Crippen molar-refractivity contribution in [1.29, 1.82) is 0 Å². The highest BCUT2D eigenvalue weighted by Gasteiger charge is 2.35. The Balaban J connectivity index is 1.44. The van der Waals surface area contributed by atoms with Gasteiger partial charge in [0, 0.05) is 5.39 Å². The van der Waals surface area contributed by atoms with Gasteiger partial charge in [-0.3, -0.25) is 0 Å². The molecule has 2 saturated carbocycles. The topological polar surface area (TPSA) is 0 Å². The molecule has 2 aromatic carbocycles. The minimum Gasteiger partial charge on any atom is -0.206 e. The molecule has 0 spiro atoms. The molecule has 2 aliphatic rings. The fourth-order valence-corrected chi connectivity index (χ4v) is 6.23. The lowest BCUT2D eigenvalue weighted by atomic mass is 9.63. The number of hydrogen-bond donors (Lipinski definition) is 0. The van der Waals surface area contributed by atoms with E-state index in [1.54, 1.807) is 0 Å². The highest BCUT2D eigenvalue weighted by Crippen LogP contribution is 2.48. The molecule has 2 aromatic rings. The largest absolute Gasteiger partial charge is 0.206 e. The number of hydrogen-bond acceptors (Lipinski definition) is 0. The van der Waals surface area contributed by atoms with Crippen LogP contribution in [-0.2, 0) is 6.42 Å². The Bertz CT molecular complexity index is 864. The van der Waals surface area contributed by atoms with Crippen LogP contribution in [0.25, 0.3) is 10.8 Å². The van der Waals surface area contributed by atoms with E-state index in [4.69, 9.17) is 0 Å². The normalized spacial score (nSPS) is 26.9. The van der Waals surface area contributed by atoms with Gasteiger partial charge < -0.3 is 0 Å². The number of aryl methyl sites for hydroxylation is 1. The fraction of sp³-hybridized carbons (Fsp3) is 0.586. The van der Waals surface area contributed by atoms with E-state index >= 15 is 4.39 Å². The van der Waals surface area contributed by atoms with E-state index in [0.717, 1.165) is 41.4 Å². The lowest BCUT2D eigenvalue weighted by Crippen LogP contribution is -2.30. The summed E-state index contributed by atoms with van der Waals surface area (Å²) in [6, 6.07) is 10.5. The summed E-state index contributed by atoms with van der Waals surface area (Å²) in [7, 11) is 0. The van der Waals surface area contributed by atoms with Crippen LogP contribution < -0.4 is 0 Å². The van der Waals surface area contributed by atoms with Crippen LogP contribution in [0.3, 0.4) is 0 Å². The van der Waals surface area contributed by atoms with Crippen molar-refractivity contribution in [1.82, 2.24) is 0 Å². The predicted molar refractivity (Wildman–Crippen MR) is 127 cm³/mol. The van der Waals surface area contributed by atoms with E-state index in [9.17, 15) is 0 Å². The van der Waals surface area contributed by atoms with E-state index in [0.29, 0.717) is 5.92 Å². The molecule has 0 amide bonds. The van der Waals surface area contributed by atoms with Gasteiger partial charge in [0.15, 0.2) is 0 Å². The number of benzene rings is 2. The minimum absolute atomic E-state index is 0.0271. The Morgan fingerprint density at radius 3 is 2.67 bits per heavy atom. The third-order valence-corrected chi connectivity index (χ3v) is 7.98. The summed E-state index contributed by atoms with van der Waals surface area (Å²) in [5.41, 5.74) is 2.47. The SMILES string of the molecule is CC=CCCc1ccc2cc(C3CCC4CC(CCCC)CCC4C3)cc(F)c2c1. The fourth-order valence-electron chi connectivity index (χ4n) is 6.23. The van der Waals surface area contributed by atoms with Gasteiger partial charge in [-0.2, -0.15) is 0 Å². The molecule has 0 aliphatic heterocycles. The molecule has 4 rings (SSSR count). The van der Waals surface area contributed by atoms with Gasteiger partial charge in [-0.05, 0) is 104 Å². The third-order valence-electron chi connectivity index (χ3n) is 7.98. The Morgan fingerprint density at radius 1 is 1.00 bits per heavy atom. The molecule has 0 bridgehead atoms. The molecule has 162 valence electrons. The number of fused-ring (bicyclic) bond motifs is 2. The molecular weight excluding hydrogens is 367 g/mol. The summed E-state index contributed by atoms with van der Waals surface area (Å²) in [5, 5.41) is 1.87. The molecule has 0 heterocycles. The molecule has 4 unspecified atom stereocenters. The minimum atomic E-state index is -0.0271. The van der Waals surface area contributed by atoms with Crippen LogP contribution in [0.1, 0.15) is 95.1 Å². The van der Waals surface area contributed by atoms with E-state index < -0.39 is 0 Å². The molecule has 30 heavy (non-hydrogen) atoms. The van der Waals surface area contributed by atoms with E-state index in [-0.39, 0.29) is 5.82 Å². The predicted octanol–water partition coefficient (Wildman–Crippen LogP) is 8.98. The van der Waals surface area contributed by atoms with E-state index in [2.05, 4.69) is 43.3 Å². The van der Waals surface area contributed by atoms with Crippen molar-refractivity contribution < 1.29 is 4.39 Å². The lowest BCUT2D eigenvalue weighted by Gasteiger charge is -2.42. The Kier molecular flexibility index (Phi) is 7.28. The molecule has 0 radical (unpaired) electrons. The number of halogens is 1. The van der Waals surface area contributed by atoms with Crippen LogP contribution >= 0.6 is 0 Å². The molecule has 2 fully saturated rings. The summed E-state index contributed by atoms with van der Waals surface area (Å²) in [6.07, 6.45) is 18.6. The number of unbranched alkanes of at least 4 members (excludes halogenated alkanes) is 1. The smallest absolute Gasteiger partial charge is 0.131 e. The molecule has 1 heteroatoms. The van der Waals surface area contributed by atoms with Crippen LogP contribution in [0.4, 0.5) is 4.39 Å². The average molecular weight is 407 g/mol. The molecule has 0 saturated heterocycles. The van der Waals surface area contributed by atoms with Gasteiger partial charge in [-0.15, -0.1) is 0 Å². The molecule has 4 atom stereocenters. The highest BCUT2D eigenvalue weighted by atomic mass is 19.1. The number of allylic oxidation sites excluding steroid dienone is 2. The zero-order chi connectivity index (χ0) is 20.9. The summed E-state index contributed by atoms with van der Waals surface area (Å²) < 4.78 is 15.1. The second-order valence-corrected chi connectivity index (χ2v) is 10.0. The summed E-state index contributed by atoms with van der Waals surface area (Å²) in [6.45, 7) is 4.36. The van der Waals surface area contributed by atoms with Gasteiger partial charge in [0.2, 0.25) is 0 Å². The summed E-state index contributed by atoms with van der Waals surface area (Å²) >= 11 is 0. The van der Waals surface area contributed by atoms with Crippen LogP contribution in [0.15, 0.2) is 42.5 Å². The van der Waals surface area contributed by atoms with Crippen LogP contribution in [0, 0.1) is 23.6 Å². The first-order valence-corrected chi connectivity index (χ1v) is 12.5. The quantitative estimate of drug-likeness (QED) is 0.402. The zero-order valence-electron chi connectivity index (χ0n) is 19.0. The Labute approximate surface area is 183 Å². The summed E-state index contributed by atoms with van der Waals surface area (Å²) in [5.74, 6) is 3.30. The van der Waals surface area contributed by atoms with Crippen molar-refractivity contribution in [2.24, 2.45) is 17.8 Å². The van der Waals surface area contributed by atoms with Crippen molar-refractivity contribution >= 4 is 10.8 Å². The van der Waals surface area contributed by atoms with Crippen molar-refractivity contribution in [2.45, 2.75) is 90.4 Å². The van der Waals surface area contributed by atoms with E-state index in [1.807, 2.05) is 13.0 Å². The van der Waals surface area contributed by atoms with Crippen molar-refractivity contribution in [3.8, 4) is 0 Å². The highest BCUT2D eigenvalue weighted by molar-refractivity contribution is 5.84. The lowest BCUT2D eigenvalue weighted by molar-refractivity contribution is 0.113. The monoisotopic (exact) mass is 406 g/mol. The van der Waals surface area contributed by atoms with Crippen LogP contribution in [0.2, 0.25) is 0 Å². The second kappa shape index (κ2) is 10.1. The standard InChI is InChI=1S/C29H39F/c1-3-5-7-9-22-11-13-26-19-27(20-29(30)28(26)17-22)25-15-14-23-16-21(8-6-4-2)10-12-24(23)18-25/h3,5,11,13,17,19-21,23-25H,4,6-10,12,14-16,18H2,1-2H3. The summed E-state index contributed by atoms with van der Waals surface area (Å²) in [4.78, 5) is 0. The van der Waals surface area contributed by atoms with Gasteiger partial charge in [0.05, 0.1) is 0 Å². The molecular formula is C29H39F. The molecule has 0 aromatic heterocycles. The van der Waals surface area contributed by atoms with E-state index in [1.165, 1.54) is 68.9 Å². The van der Waals surface area contributed by atoms with Crippen LogP contribution in [0.5, 0.6) is 0 Å². The van der Waals surface area contributed by atoms with Gasteiger partial charge in [0.1, 0.15) is 5.82 Å². The van der Waals surface area contributed by atoms with Crippen molar-refractivity contribution in [2.75, 3.05) is 0 Å². The van der Waals surface area contributed by atoms with Gasteiger partial charge in [-0.25, -0.2) is 4.39 Å². The molecule has 2 aliphatic carbocycles. The molecule has 0 nitrogen and oxygen atoms in total. The second-order valence-electron chi connectivity index (χ2n) is 10.0. The first kappa shape index (κ1) is 21.6. The van der Waals surface area contributed by atoms with Gasteiger partial charge in [-0.1, -0.05) is 63.0 Å². The van der Waals surface area contributed by atoms with Gasteiger partial charge in [0.25, 0.3) is 0 Å². The van der Waals surface area contributed by atoms with Gasteiger partial charge >= 0.3 is 0 Å². The van der Waals surface area contributed by atoms with Crippen molar-refractivity contribution in [3.05, 3.63) is 59.4 Å². The maximum absolute atomic E-state index is 15.1. The first-order chi connectivity index (χ1) is 14.7. The van der Waals surface area contributed by atoms with Crippen LogP contribution in [-0.4, -0.2) is 0 Å². The van der Waals surface area contributed by atoms with Crippen molar-refractivity contribution in [3.63, 3.8) is 0 Å². The Hall–Kier alpha value is -1.63. The third kappa shape index (κ3) is 4.98. The Morgan fingerprint density at radius 2 is 1.83 bits per heavy atom. The number of rotatable bonds is 7. The first-order valence-electron chi connectivity index (χ1n) is 12.5. The maximum atomic E-state index is 15.1. The average Bonchev–Trinajstić information content (AvgIpc) is 2.77.